The Morgan fingerprint density at radius 3 is 2.41 bits per heavy atom. The van der Waals surface area contributed by atoms with E-state index < -0.39 is 17.7 Å². The Morgan fingerprint density at radius 1 is 1.24 bits per heavy atom. The number of tetrazole rings is 1. The van der Waals surface area contributed by atoms with Gasteiger partial charge in [0.15, 0.2) is 5.82 Å². The van der Waals surface area contributed by atoms with Gasteiger partial charge in [-0.3, -0.25) is 14.6 Å². The Labute approximate surface area is 171 Å². The zero-order valence-corrected chi connectivity index (χ0v) is 16.5. The van der Waals surface area contributed by atoms with E-state index in [4.69, 9.17) is 5.11 Å². The smallest absolute Gasteiger partial charge is 0.416 e. The molecule has 0 saturated carbocycles. The number of hydrogen-bond donors (Lipinski definition) is 1. The van der Waals surface area contributed by atoms with E-state index in [2.05, 4.69) is 20.4 Å². The lowest BCUT2D eigenvalue weighted by molar-refractivity contribution is -0.139. The molecule has 1 N–H and O–H groups in total. The summed E-state index contributed by atoms with van der Waals surface area (Å²) in [5.74, 6) is -0.308. The summed E-state index contributed by atoms with van der Waals surface area (Å²) >= 11 is 0. The second kappa shape index (κ2) is 9.51. The van der Waals surface area contributed by atoms with Crippen molar-refractivity contribution in [1.82, 2.24) is 30.0 Å². The fourth-order valence-electron chi connectivity index (χ4n) is 3.36. The summed E-state index contributed by atoms with van der Waals surface area (Å²) in [6.07, 6.45) is -2.74. The van der Waals surface area contributed by atoms with Gasteiger partial charge in [-0.1, -0.05) is 0 Å². The molecule has 29 heavy (non-hydrogen) atoms. The van der Waals surface area contributed by atoms with Crippen LogP contribution in [0.15, 0.2) is 24.3 Å². The molecule has 1 aromatic carbocycles. The van der Waals surface area contributed by atoms with Crippen LogP contribution in [0.2, 0.25) is 0 Å². The van der Waals surface area contributed by atoms with E-state index in [0.29, 0.717) is 18.1 Å². The van der Waals surface area contributed by atoms with Crippen molar-refractivity contribution >= 4 is 18.4 Å². The van der Waals surface area contributed by atoms with Gasteiger partial charge in [-0.15, -0.1) is 17.5 Å². The van der Waals surface area contributed by atoms with Crippen LogP contribution in [0, 0.1) is 0 Å². The van der Waals surface area contributed by atoms with Gasteiger partial charge < -0.3 is 5.11 Å². The predicted molar refractivity (Wildman–Crippen MR) is 100.0 cm³/mol. The van der Waals surface area contributed by atoms with Gasteiger partial charge in [-0.2, -0.15) is 17.9 Å². The number of likely N-dealkylation sites (tertiary alicyclic amines) is 1. The quantitative estimate of drug-likeness (QED) is 0.744. The number of aromatic nitrogens is 4. The molecule has 160 valence electrons. The van der Waals surface area contributed by atoms with E-state index in [1.165, 1.54) is 16.8 Å². The van der Waals surface area contributed by atoms with Gasteiger partial charge in [-0.05, 0) is 54.6 Å². The Kier molecular flexibility index (Phi) is 7.55. The predicted octanol–water partition coefficient (Wildman–Crippen LogP) is 2.08. The largest absolute Gasteiger partial charge is 0.480 e. The third-order valence-electron chi connectivity index (χ3n) is 4.90. The second-order valence-electron chi connectivity index (χ2n) is 6.87. The van der Waals surface area contributed by atoms with Crippen molar-refractivity contribution in [2.24, 2.45) is 0 Å². The minimum atomic E-state index is -4.39. The summed E-state index contributed by atoms with van der Waals surface area (Å²) in [6.45, 7) is 1.99. The maximum absolute atomic E-state index is 12.7. The molecule has 2 heterocycles. The molecule has 0 bridgehead atoms. The first-order chi connectivity index (χ1) is 13.2. The molecule has 8 nitrogen and oxygen atoms in total. The lowest BCUT2D eigenvalue weighted by atomic mass is 10.0. The second-order valence-corrected chi connectivity index (χ2v) is 6.87. The van der Waals surface area contributed by atoms with Crippen molar-refractivity contribution in [3.8, 4) is 5.69 Å². The highest BCUT2D eigenvalue weighted by molar-refractivity contribution is 5.85. The van der Waals surface area contributed by atoms with E-state index in [9.17, 15) is 18.0 Å². The molecule has 0 spiro atoms. The first-order valence-corrected chi connectivity index (χ1v) is 8.83. The zero-order chi connectivity index (χ0) is 20.3. The van der Waals surface area contributed by atoms with Gasteiger partial charge in [0.25, 0.3) is 0 Å². The highest BCUT2D eigenvalue weighted by Gasteiger charge is 2.30. The van der Waals surface area contributed by atoms with Gasteiger partial charge in [0.1, 0.15) is 0 Å². The molecule has 12 heteroatoms. The number of alkyl halides is 3. The molecule has 2 aromatic rings. The highest BCUT2D eigenvalue weighted by Crippen LogP contribution is 2.29. The molecule has 3 rings (SSSR count). The molecular formula is C17H22ClF3N6O2. The summed E-state index contributed by atoms with van der Waals surface area (Å²) in [4.78, 5) is 14.8. The van der Waals surface area contributed by atoms with Gasteiger partial charge in [0.2, 0.25) is 0 Å². The average Bonchev–Trinajstić information content (AvgIpc) is 3.09. The normalized spacial score (nSPS) is 16.0. The molecule has 1 aliphatic rings. The number of carbonyl (C=O) groups is 1. The van der Waals surface area contributed by atoms with Crippen molar-refractivity contribution in [2.45, 2.75) is 31.6 Å². The maximum atomic E-state index is 12.7. The van der Waals surface area contributed by atoms with Gasteiger partial charge in [0.05, 0.1) is 24.3 Å². The number of nitrogens with zero attached hydrogens (tertiary/aromatic N) is 6. The molecule has 1 saturated heterocycles. The third kappa shape index (κ3) is 5.87. The number of piperidine rings is 1. The fourth-order valence-corrected chi connectivity index (χ4v) is 3.36. The molecular weight excluding hydrogens is 413 g/mol. The number of rotatable bonds is 6. The van der Waals surface area contributed by atoms with Crippen LogP contribution >= 0.6 is 12.4 Å². The summed E-state index contributed by atoms with van der Waals surface area (Å²) in [5.41, 5.74) is -0.262. The van der Waals surface area contributed by atoms with Crippen LogP contribution in [0.25, 0.3) is 5.69 Å². The number of aliphatic carboxylic acids is 1. The van der Waals surface area contributed by atoms with E-state index in [0.717, 1.165) is 38.1 Å². The van der Waals surface area contributed by atoms with Crippen molar-refractivity contribution < 1.29 is 23.1 Å². The molecule has 0 aliphatic carbocycles. The average molecular weight is 435 g/mol. The molecule has 1 fully saturated rings. The number of hydrogen-bond acceptors (Lipinski definition) is 6. The van der Waals surface area contributed by atoms with Crippen molar-refractivity contribution in [2.75, 3.05) is 26.7 Å². The van der Waals surface area contributed by atoms with Gasteiger partial charge in [0, 0.05) is 19.1 Å². The first-order valence-electron chi connectivity index (χ1n) is 8.83. The minimum Gasteiger partial charge on any atom is -0.480 e. The number of benzene rings is 1. The number of likely N-dealkylation sites (N-methyl/N-ethyl adjacent to an activating group) is 1. The lowest BCUT2D eigenvalue weighted by Crippen LogP contribution is -2.44. The van der Waals surface area contributed by atoms with Gasteiger partial charge >= 0.3 is 12.1 Å². The molecule has 0 radical (unpaired) electrons. The Hall–Kier alpha value is -2.24. The van der Waals surface area contributed by atoms with E-state index in [1.807, 2.05) is 4.90 Å². The summed E-state index contributed by atoms with van der Waals surface area (Å²) in [7, 11) is 1.81. The maximum Gasteiger partial charge on any atom is 0.416 e. The minimum absolute atomic E-state index is 0. The van der Waals surface area contributed by atoms with Crippen LogP contribution in [0.3, 0.4) is 0 Å². The first kappa shape index (κ1) is 23.0. The molecule has 1 aliphatic heterocycles. The van der Waals surface area contributed by atoms with Crippen molar-refractivity contribution in [3.63, 3.8) is 0 Å². The zero-order valence-electron chi connectivity index (χ0n) is 15.7. The monoisotopic (exact) mass is 434 g/mol. The summed E-state index contributed by atoms with van der Waals surface area (Å²) in [6, 6.07) is 4.90. The molecule has 0 atom stereocenters. The summed E-state index contributed by atoms with van der Waals surface area (Å²) in [5, 5.41) is 20.4. The summed E-state index contributed by atoms with van der Waals surface area (Å²) < 4.78 is 39.6. The van der Waals surface area contributed by atoms with Crippen LogP contribution in [0.4, 0.5) is 13.2 Å². The standard InChI is InChI=1S/C17H21F3N6O2.ClH/c1-24(11-16(27)28)13-6-8-25(9-7-13)10-15-21-22-23-26(15)14-4-2-12(3-5-14)17(18,19)20;/h2-5,13H,6-11H2,1H3,(H,27,28);1H. The van der Waals surface area contributed by atoms with E-state index >= 15 is 0 Å². The highest BCUT2D eigenvalue weighted by atomic mass is 35.5. The Bertz CT molecular complexity index is 806. The topological polar surface area (TPSA) is 87.4 Å². The van der Waals surface area contributed by atoms with Crippen LogP contribution in [0.1, 0.15) is 24.2 Å². The molecule has 0 unspecified atom stereocenters. The Morgan fingerprint density at radius 2 is 1.86 bits per heavy atom. The number of carboxylic acid groups (broad SMARTS) is 1. The lowest BCUT2D eigenvalue weighted by Gasteiger charge is -2.35. The van der Waals surface area contributed by atoms with E-state index in [-0.39, 0.29) is 25.0 Å². The SMILES string of the molecule is CN(CC(=O)O)C1CCN(Cc2nnnn2-c2ccc(C(F)(F)F)cc2)CC1.Cl. The number of halogens is 4. The fraction of sp³-hybridized carbons (Fsp3) is 0.529. The van der Waals surface area contributed by atoms with Crippen molar-refractivity contribution in [3.05, 3.63) is 35.7 Å². The molecule has 1 aromatic heterocycles. The third-order valence-corrected chi connectivity index (χ3v) is 4.90. The van der Waals surface area contributed by atoms with E-state index in [1.54, 1.807) is 7.05 Å². The number of carboxylic acids is 1. The van der Waals surface area contributed by atoms with Gasteiger partial charge in [-0.25, -0.2) is 0 Å². The van der Waals surface area contributed by atoms with Crippen molar-refractivity contribution in [1.29, 1.82) is 0 Å². The van der Waals surface area contributed by atoms with Crippen LogP contribution < -0.4 is 0 Å². The Balaban J connectivity index is 0.00000300. The van der Waals surface area contributed by atoms with Crippen LogP contribution in [-0.4, -0.2) is 73.8 Å². The van der Waals surface area contributed by atoms with Crippen LogP contribution in [-0.2, 0) is 17.5 Å². The van der Waals surface area contributed by atoms with Crippen LogP contribution in [0.5, 0.6) is 0 Å². The molecule has 0 amide bonds.